The van der Waals surface area contributed by atoms with Gasteiger partial charge in [-0.3, -0.25) is 4.40 Å². The van der Waals surface area contributed by atoms with E-state index in [9.17, 15) is 8.42 Å². The van der Waals surface area contributed by atoms with E-state index in [2.05, 4.69) is 14.9 Å². The highest BCUT2D eigenvalue weighted by molar-refractivity contribution is 7.91. The summed E-state index contributed by atoms with van der Waals surface area (Å²) < 4.78 is 29.7. The molecule has 3 rings (SSSR count). The Balaban J connectivity index is 1.88. The molecule has 0 fully saturated rings. The predicted molar refractivity (Wildman–Crippen MR) is 85.4 cm³/mol. The lowest BCUT2D eigenvalue weighted by Gasteiger charge is -2.11. The van der Waals surface area contributed by atoms with Gasteiger partial charge in [0.2, 0.25) is 0 Å². The molecule has 0 aliphatic rings. The smallest absolute Gasteiger partial charge is 0.250 e. The number of aromatic nitrogens is 3. The molecule has 1 unspecified atom stereocenters. The highest BCUT2D eigenvalue weighted by Crippen LogP contribution is 2.23. The van der Waals surface area contributed by atoms with Crippen LogP contribution in [0.3, 0.4) is 0 Å². The summed E-state index contributed by atoms with van der Waals surface area (Å²) in [5, 5.41) is 8.12. The Morgan fingerprint density at radius 1 is 1.27 bits per heavy atom. The molecule has 0 amide bonds. The van der Waals surface area contributed by atoms with Crippen LogP contribution in [-0.4, -0.2) is 23.0 Å². The number of sulfonamides is 1. The first kappa shape index (κ1) is 15.1. The van der Waals surface area contributed by atoms with Crippen molar-refractivity contribution in [1.82, 2.24) is 19.3 Å². The second-order valence-electron chi connectivity index (χ2n) is 4.90. The first-order valence-corrected chi connectivity index (χ1v) is 9.22. The number of hydrogen-bond donors (Lipinski definition) is 1. The van der Waals surface area contributed by atoms with Crippen molar-refractivity contribution in [3.8, 4) is 0 Å². The third-order valence-electron chi connectivity index (χ3n) is 3.31. The van der Waals surface area contributed by atoms with E-state index in [1.54, 1.807) is 17.4 Å². The number of fused-ring (bicyclic) bond motifs is 1. The van der Waals surface area contributed by atoms with Crippen LogP contribution in [0, 0.1) is 0 Å². The van der Waals surface area contributed by atoms with Crippen LogP contribution in [0.1, 0.15) is 30.6 Å². The van der Waals surface area contributed by atoms with Gasteiger partial charge in [0.25, 0.3) is 10.0 Å². The average Bonchev–Trinajstić information content (AvgIpc) is 3.14. The minimum Gasteiger partial charge on any atom is -0.285 e. The zero-order valence-corrected chi connectivity index (χ0v) is 13.9. The Morgan fingerprint density at radius 3 is 2.82 bits per heavy atom. The summed E-state index contributed by atoms with van der Waals surface area (Å²) in [6.45, 7) is 3.76. The maximum atomic E-state index is 12.4. The number of thiophene rings is 1. The molecule has 1 N–H and O–H groups in total. The molecule has 116 valence electrons. The summed E-state index contributed by atoms with van der Waals surface area (Å²) in [6.07, 6.45) is 2.64. The van der Waals surface area contributed by atoms with Gasteiger partial charge in [-0.15, -0.1) is 21.5 Å². The molecular formula is C14H16N4O2S2. The molecular weight excluding hydrogens is 320 g/mol. The fourth-order valence-corrected chi connectivity index (χ4v) is 4.70. The Bertz CT molecular complexity index is 898. The maximum absolute atomic E-state index is 12.4. The lowest BCUT2D eigenvalue weighted by atomic mass is 10.3. The third-order valence-corrected chi connectivity index (χ3v) is 6.57. The summed E-state index contributed by atoms with van der Waals surface area (Å²) in [5.41, 5.74) is 0.688. The first-order chi connectivity index (χ1) is 10.5. The minimum atomic E-state index is -3.56. The largest absolute Gasteiger partial charge is 0.285 e. The lowest BCUT2D eigenvalue weighted by Crippen LogP contribution is -2.27. The van der Waals surface area contributed by atoms with Gasteiger partial charge >= 0.3 is 0 Å². The molecule has 0 aliphatic carbocycles. The van der Waals surface area contributed by atoms with Crippen molar-refractivity contribution in [3.63, 3.8) is 0 Å². The van der Waals surface area contributed by atoms with E-state index >= 15 is 0 Å². The molecule has 0 aromatic carbocycles. The van der Waals surface area contributed by atoms with Crippen LogP contribution >= 0.6 is 11.3 Å². The van der Waals surface area contributed by atoms with Crippen molar-refractivity contribution in [2.75, 3.05) is 0 Å². The summed E-state index contributed by atoms with van der Waals surface area (Å²) in [5.74, 6) is 0.562. The van der Waals surface area contributed by atoms with Gasteiger partial charge in [0.05, 0.1) is 6.04 Å². The first-order valence-electron chi connectivity index (χ1n) is 6.92. The van der Waals surface area contributed by atoms with Crippen LogP contribution in [0.5, 0.6) is 0 Å². The monoisotopic (exact) mass is 336 g/mol. The van der Waals surface area contributed by atoms with Crippen LogP contribution in [0.4, 0.5) is 0 Å². The van der Waals surface area contributed by atoms with Crippen LogP contribution in [-0.2, 0) is 16.4 Å². The normalized spacial score (nSPS) is 13.5. The van der Waals surface area contributed by atoms with Crippen LogP contribution < -0.4 is 4.72 Å². The van der Waals surface area contributed by atoms with E-state index in [-0.39, 0.29) is 0 Å². The number of aryl methyl sites for hydroxylation is 1. The molecule has 3 heterocycles. The molecule has 3 aromatic rings. The van der Waals surface area contributed by atoms with E-state index in [0.29, 0.717) is 15.7 Å². The van der Waals surface area contributed by atoms with E-state index < -0.39 is 16.1 Å². The van der Waals surface area contributed by atoms with Gasteiger partial charge in [0, 0.05) is 11.1 Å². The zero-order chi connectivity index (χ0) is 15.7. The molecule has 0 bridgehead atoms. The number of nitrogens with zero attached hydrogens (tertiary/aromatic N) is 3. The zero-order valence-electron chi connectivity index (χ0n) is 12.2. The van der Waals surface area contributed by atoms with E-state index in [1.165, 1.54) is 11.3 Å². The topological polar surface area (TPSA) is 76.4 Å². The van der Waals surface area contributed by atoms with Crippen molar-refractivity contribution >= 4 is 27.0 Å². The molecule has 0 saturated carbocycles. The summed E-state index contributed by atoms with van der Waals surface area (Å²) in [7, 11) is -3.56. The van der Waals surface area contributed by atoms with Gasteiger partial charge in [0.15, 0.2) is 11.5 Å². The number of pyridine rings is 1. The summed E-state index contributed by atoms with van der Waals surface area (Å²) >= 11 is 1.29. The standard InChI is InChI=1S/C14H16N4O2S2/c1-3-11-7-8-13(21-11)22(19,20)17-10(2)14-16-15-12-6-4-5-9-18(12)14/h4-10,17H,3H2,1-2H3. The molecule has 6 nitrogen and oxygen atoms in total. The van der Waals surface area contributed by atoms with Crippen molar-refractivity contribution < 1.29 is 8.42 Å². The fourth-order valence-electron chi connectivity index (χ4n) is 2.19. The summed E-state index contributed by atoms with van der Waals surface area (Å²) in [6, 6.07) is 8.55. The van der Waals surface area contributed by atoms with Crippen molar-refractivity contribution in [3.05, 3.63) is 47.2 Å². The number of hydrogen-bond acceptors (Lipinski definition) is 5. The van der Waals surface area contributed by atoms with Gasteiger partial charge in [-0.25, -0.2) is 8.42 Å². The van der Waals surface area contributed by atoms with Gasteiger partial charge in [-0.2, -0.15) is 4.72 Å². The Labute approximate surface area is 132 Å². The minimum absolute atomic E-state index is 0.324. The Morgan fingerprint density at radius 2 is 2.09 bits per heavy atom. The molecule has 3 aromatic heterocycles. The number of rotatable bonds is 5. The van der Waals surface area contributed by atoms with Gasteiger partial charge in [-0.05, 0) is 37.6 Å². The van der Waals surface area contributed by atoms with Crippen molar-refractivity contribution in [2.45, 2.75) is 30.5 Å². The molecule has 0 radical (unpaired) electrons. The fraction of sp³-hybridized carbons (Fsp3) is 0.286. The Hall–Kier alpha value is -1.77. The molecule has 1 atom stereocenters. The van der Waals surface area contributed by atoms with Crippen LogP contribution in [0.15, 0.2) is 40.7 Å². The molecule has 0 aliphatic heterocycles. The summed E-state index contributed by atoms with van der Waals surface area (Å²) in [4.78, 5) is 1.04. The van der Waals surface area contributed by atoms with Crippen LogP contribution in [0.25, 0.3) is 5.65 Å². The van der Waals surface area contributed by atoms with Gasteiger partial charge < -0.3 is 0 Å². The second-order valence-corrected chi connectivity index (χ2v) is 8.01. The van der Waals surface area contributed by atoms with Crippen molar-refractivity contribution in [1.29, 1.82) is 0 Å². The predicted octanol–water partition coefficient (Wildman–Crippen LogP) is 2.39. The molecule has 22 heavy (non-hydrogen) atoms. The van der Waals surface area contributed by atoms with E-state index in [1.807, 2.05) is 37.4 Å². The highest BCUT2D eigenvalue weighted by Gasteiger charge is 2.23. The molecule has 8 heteroatoms. The van der Waals surface area contributed by atoms with Crippen molar-refractivity contribution in [2.24, 2.45) is 0 Å². The maximum Gasteiger partial charge on any atom is 0.250 e. The average molecular weight is 336 g/mol. The van der Waals surface area contributed by atoms with Crippen LogP contribution in [0.2, 0.25) is 0 Å². The molecule has 0 saturated heterocycles. The van der Waals surface area contributed by atoms with Gasteiger partial charge in [-0.1, -0.05) is 13.0 Å². The molecule has 0 spiro atoms. The number of nitrogens with one attached hydrogen (secondary N) is 1. The Kier molecular flexibility index (Phi) is 3.98. The lowest BCUT2D eigenvalue weighted by molar-refractivity contribution is 0.560. The van der Waals surface area contributed by atoms with E-state index in [4.69, 9.17) is 0 Å². The SMILES string of the molecule is CCc1ccc(S(=O)(=O)NC(C)c2nnc3ccccn23)s1. The van der Waals surface area contributed by atoms with Gasteiger partial charge in [0.1, 0.15) is 4.21 Å². The second kappa shape index (κ2) is 5.79. The quantitative estimate of drug-likeness (QED) is 0.776. The van der Waals surface area contributed by atoms with E-state index in [0.717, 1.165) is 11.3 Å². The third kappa shape index (κ3) is 2.77. The highest BCUT2D eigenvalue weighted by atomic mass is 32.2.